The lowest BCUT2D eigenvalue weighted by molar-refractivity contribution is -0.143. The number of aromatic nitrogens is 1. The normalized spacial score (nSPS) is 12.4. The van der Waals surface area contributed by atoms with Crippen molar-refractivity contribution in [1.82, 2.24) is 4.57 Å². The Kier molecular flexibility index (Phi) is 5.56. The standard InChI is InChI=1S/C16H15N3O5S3/c1-2-24-14(20)9-19-11-6-5-10(27(17,22)23)8-13(11)26-16(19)18-15(21)12-4-3-7-25-12/h3-8H,2,9H2,1H3,(H2,17,22,23). The average molecular weight is 426 g/mol. The number of carbonyl (C=O) groups is 2. The van der Waals surface area contributed by atoms with Gasteiger partial charge in [-0.1, -0.05) is 17.4 Å². The molecular formula is C16H15N3O5S3. The second-order valence-corrected chi connectivity index (χ2v) is 8.86. The van der Waals surface area contributed by atoms with Gasteiger partial charge in [0.2, 0.25) is 10.0 Å². The van der Waals surface area contributed by atoms with Crippen molar-refractivity contribution in [3.8, 4) is 0 Å². The number of nitrogens with zero attached hydrogens (tertiary/aromatic N) is 2. The van der Waals surface area contributed by atoms with Gasteiger partial charge < -0.3 is 9.30 Å². The van der Waals surface area contributed by atoms with E-state index in [2.05, 4.69) is 4.99 Å². The fourth-order valence-corrected chi connectivity index (χ4v) is 4.64. The molecule has 0 saturated heterocycles. The molecular weight excluding hydrogens is 410 g/mol. The molecule has 0 fully saturated rings. The van der Waals surface area contributed by atoms with Gasteiger partial charge in [-0.25, -0.2) is 13.6 Å². The topological polar surface area (TPSA) is 121 Å². The highest BCUT2D eigenvalue weighted by molar-refractivity contribution is 7.89. The highest BCUT2D eigenvalue weighted by Crippen LogP contribution is 2.21. The van der Waals surface area contributed by atoms with E-state index in [1.165, 1.54) is 34.1 Å². The van der Waals surface area contributed by atoms with Crippen LogP contribution in [0, 0.1) is 0 Å². The first-order chi connectivity index (χ1) is 12.8. The number of amides is 1. The van der Waals surface area contributed by atoms with Crippen LogP contribution in [0.25, 0.3) is 10.2 Å². The van der Waals surface area contributed by atoms with Gasteiger partial charge in [0.15, 0.2) is 4.80 Å². The number of ether oxygens (including phenoxy) is 1. The summed E-state index contributed by atoms with van der Waals surface area (Å²) in [5, 5.41) is 6.94. The minimum absolute atomic E-state index is 0.0596. The van der Waals surface area contributed by atoms with E-state index in [0.717, 1.165) is 11.3 Å². The molecule has 142 valence electrons. The van der Waals surface area contributed by atoms with Gasteiger partial charge in [0.05, 0.1) is 26.6 Å². The zero-order chi connectivity index (χ0) is 19.6. The summed E-state index contributed by atoms with van der Waals surface area (Å²) < 4.78 is 30.2. The van der Waals surface area contributed by atoms with Crippen LogP contribution >= 0.6 is 22.7 Å². The quantitative estimate of drug-likeness (QED) is 0.624. The first kappa shape index (κ1) is 19.4. The SMILES string of the molecule is CCOC(=O)Cn1c(=NC(=O)c2cccs2)sc2cc(S(N)(=O)=O)ccc21. The summed E-state index contributed by atoms with van der Waals surface area (Å²) in [6.07, 6.45) is 0. The van der Waals surface area contributed by atoms with Crippen molar-refractivity contribution in [3.63, 3.8) is 0 Å². The molecule has 0 unspecified atom stereocenters. The molecule has 0 saturated carbocycles. The average Bonchev–Trinajstić information content (AvgIpc) is 3.23. The van der Waals surface area contributed by atoms with E-state index in [9.17, 15) is 18.0 Å². The molecule has 27 heavy (non-hydrogen) atoms. The van der Waals surface area contributed by atoms with Crippen LogP contribution in [0.5, 0.6) is 0 Å². The highest BCUT2D eigenvalue weighted by Gasteiger charge is 2.16. The Labute approximate surface area is 162 Å². The highest BCUT2D eigenvalue weighted by atomic mass is 32.2. The fourth-order valence-electron chi connectivity index (χ4n) is 2.35. The molecule has 2 aromatic heterocycles. The lowest BCUT2D eigenvalue weighted by Crippen LogP contribution is -2.23. The molecule has 0 radical (unpaired) electrons. The molecule has 11 heteroatoms. The van der Waals surface area contributed by atoms with Crippen LogP contribution in [0.15, 0.2) is 45.6 Å². The van der Waals surface area contributed by atoms with E-state index in [1.807, 2.05) is 0 Å². The third-order valence-electron chi connectivity index (χ3n) is 3.50. The third-order valence-corrected chi connectivity index (χ3v) is 6.31. The molecule has 1 amide bonds. The van der Waals surface area contributed by atoms with Crippen LogP contribution in [-0.2, 0) is 26.1 Å². The number of sulfonamides is 1. The Balaban J connectivity index is 2.17. The van der Waals surface area contributed by atoms with Crippen molar-refractivity contribution in [2.75, 3.05) is 6.61 Å². The smallest absolute Gasteiger partial charge is 0.326 e. The van der Waals surface area contributed by atoms with Crippen LogP contribution in [0.4, 0.5) is 0 Å². The van der Waals surface area contributed by atoms with Gasteiger partial charge >= 0.3 is 5.97 Å². The fraction of sp³-hybridized carbons (Fsp3) is 0.188. The van der Waals surface area contributed by atoms with Crippen molar-refractivity contribution >= 4 is 54.8 Å². The number of nitrogens with two attached hydrogens (primary N) is 1. The van der Waals surface area contributed by atoms with Crippen LogP contribution in [0.2, 0.25) is 0 Å². The molecule has 0 aliphatic carbocycles. The Bertz CT molecular complexity index is 1170. The van der Waals surface area contributed by atoms with Crippen LogP contribution in [0.1, 0.15) is 16.6 Å². The lowest BCUT2D eigenvalue weighted by atomic mass is 10.3. The Morgan fingerprint density at radius 2 is 2.07 bits per heavy atom. The van der Waals surface area contributed by atoms with E-state index < -0.39 is 21.9 Å². The van der Waals surface area contributed by atoms with Crippen molar-refractivity contribution in [2.45, 2.75) is 18.4 Å². The maximum atomic E-state index is 12.3. The number of esters is 1. The van der Waals surface area contributed by atoms with Gasteiger partial charge in [-0.2, -0.15) is 4.99 Å². The van der Waals surface area contributed by atoms with E-state index in [0.29, 0.717) is 15.1 Å². The number of thiazole rings is 1. The van der Waals surface area contributed by atoms with Crippen LogP contribution in [-0.4, -0.2) is 31.5 Å². The molecule has 3 rings (SSSR count). The number of hydrogen-bond donors (Lipinski definition) is 1. The van der Waals surface area contributed by atoms with Crippen LogP contribution in [0.3, 0.4) is 0 Å². The summed E-state index contributed by atoms with van der Waals surface area (Å²) in [6.45, 7) is 1.76. The molecule has 2 N–H and O–H groups in total. The van der Waals surface area contributed by atoms with E-state index in [4.69, 9.17) is 9.88 Å². The minimum atomic E-state index is -3.88. The lowest BCUT2D eigenvalue weighted by Gasteiger charge is -2.05. The summed E-state index contributed by atoms with van der Waals surface area (Å²) in [5.41, 5.74) is 0.554. The number of primary sulfonamides is 1. The molecule has 0 bridgehead atoms. The monoisotopic (exact) mass is 425 g/mol. The van der Waals surface area contributed by atoms with Gasteiger partial charge in [0.1, 0.15) is 6.54 Å². The summed E-state index contributed by atoms with van der Waals surface area (Å²) in [6, 6.07) is 7.66. The molecule has 1 aromatic carbocycles. The number of fused-ring (bicyclic) bond motifs is 1. The van der Waals surface area contributed by atoms with E-state index in [-0.39, 0.29) is 22.8 Å². The van der Waals surface area contributed by atoms with Crippen molar-refractivity contribution in [1.29, 1.82) is 0 Å². The number of benzene rings is 1. The molecule has 0 atom stereocenters. The summed E-state index contributed by atoms with van der Waals surface area (Å²) in [7, 11) is -3.88. The molecule has 0 aliphatic rings. The molecule has 2 heterocycles. The molecule has 3 aromatic rings. The number of thiophene rings is 1. The zero-order valence-electron chi connectivity index (χ0n) is 14.1. The van der Waals surface area contributed by atoms with Gasteiger partial charge in [0.25, 0.3) is 5.91 Å². The summed E-state index contributed by atoms with van der Waals surface area (Å²) >= 11 is 2.35. The third kappa shape index (κ3) is 4.33. The van der Waals surface area contributed by atoms with Gasteiger partial charge in [-0.15, -0.1) is 11.3 Å². The first-order valence-electron chi connectivity index (χ1n) is 7.74. The number of hydrogen-bond acceptors (Lipinski definition) is 7. The van der Waals surface area contributed by atoms with Gasteiger partial charge in [-0.3, -0.25) is 9.59 Å². The second-order valence-electron chi connectivity index (χ2n) is 5.34. The van der Waals surface area contributed by atoms with Gasteiger partial charge in [-0.05, 0) is 36.6 Å². The molecule has 0 aliphatic heterocycles. The maximum absolute atomic E-state index is 12.3. The summed E-state index contributed by atoms with van der Waals surface area (Å²) in [4.78, 5) is 29.1. The zero-order valence-corrected chi connectivity index (χ0v) is 16.6. The maximum Gasteiger partial charge on any atom is 0.326 e. The largest absolute Gasteiger partial charge is 0.465 e. The number of carbonyl (C=O) groups excluding carboxylic acids is 2. The predicted molar refractivity (Wildman–Crippen MR) is 102 cm³/mol. The van der Waals surface area contributed by atoms with Crippen molar-refractivity contribution < 1.29 is 22.7 Å². The van der Waals surface area contributed by atoms with E-state index in [1.54, 1.807) is 24.4 Å². The van der Waals surface area contributed by atoms with Gasteiger partial charge in [0, 0.05) is 0 Å². The Morgan fingerprint density at radius 3 is 2.70 bits per heavy atom. The van der Waals surface area contributed by atoms with Crippen molar-refractivity contribution in [2.24, 2.45) is 10.1 Å². The Hall–Kier alpha value is -2.34. The Morgan fingerprint density at radius 1 is 1.30 bits per heavy atom. The minimum Gasteiger partial charge on any atom is -0.465 e. The van der Waals surface area contributed by atoms with E-state index >= 15 is 0 Å². The number of rotatable bonds is 5. The summed E-state index contributed by atoms with van der Waals surface area (Å²) in [5.74, 6) is -0.932. The second kappa shape index (κ2) is 7.72. The molecule has 0 spiro atoms. The predicted octanol–water partition coefficient (Wildman–Crippen LogP) is 1.72. The first-order valence-corrected chi connectivity index (χ1v) is 11.0. The molecule has 8 nitrogen and oxygen atoms in total. The van der Waals surface area contributed by atoms with Crippen molar-refractivity contribution in [3.05, 3.63) is 45.4 Å². The van der Waals surface area contributed by atoms with Crippen LogP contribution < -0.4 is 9.94 Å².